The Labute approximate surface area is 113 Å². The quantitative estimate of drug-likeness (QED) is 0.376. The second-order valence-electron chi connectivity index (χ2n) is 3.94. The lowest BCUT2D eigenvalue weighted by molar-refractivity contribution is -0.371. The van der Waals surface area contributed by atoms with Crippen molar-refractivity contribution in [1.29, 1.82) is 0 Å². The maximum atomic E-state index is 13.7. The summed E-state index contributed by atoms with van der Waals surface area (Å²) in [6.45, 7) is 7.63. The Kier molecular flexibility index (Phi) is 6.28. The van der Waals surface area contributed by atoms with Gasteiger partial charge in [0.05, 0.1) is 0 Å². The van der Waals surface area contributed by atoms with Crippen LogP contribution in [0.2, 0.25) is 0 Å². The van der Waals surface area contributed by atoms with Gasteiger partial charge in [-0.15, -0.1) is 6.58 Å². The van der Waals surface area contributed by atoms with Crippen LogP contribution in [-0.2, 0) is 9.47 Å². The highest BCUT2D eigenvalue weighted by Gasteiger charge is 2.72. The van der Waals surface area contributed by atoms with E-state index in [4.69, 9.17) is 0 Å². The van der Waals surface area contributed by atoms with Crippen LogP contribution in [0.3, 0.4) is 0 Å². The zero-order valence-electron chi connectivity index (χ0n) is 11.1. The molecular weight excluding hydrogens is 290 g/mol. The van der Waals surface area contributed by atoms with Gasteiger partial charge >= 0.3 is 12.1 Å². The van der Waals surface area contributed by atoms with Crippen molar-refractivity contribution < 1.29 is 35.8 Å². The molecule has 0 aliphatic rings. The number of ether oxygens (including phenoxy) is 2. The minimum atomic E-state index is -5.56. The third-order valence-corrected chi connectivity index (χ3v) is 2.51. The average Bonchev–Trinajstić information content (AvgIpc) is 2.26. The average molecular weight is 306 g/mol. The van der Waals surface area contributed by atoms with Gasteiger partial charge in [0, 0.05) is 13.0 Å². The molecule has 0 bridgehead atoms. The van der Waals surface area contributed by atoms with E-state index in [9.17, 15) is 26.3 Å². The van der Waals surface area contributed by atoms with Crippen molar-refractivity contribution in [2.45, 2.75) is 44.3 Å². The Morgan fingerprint density at radius 1 is 1.25 bits per heavy atom. The molecular formula is C12H16F6O2. The van der Waals surface area contributed by atoms with Gasteiger partial charge in [0.25, 0.3) is 0 Å². The van der Waals surface area contributed by atoms with Crippen LogP contribution >= 0.6 is 0 Å². The number of alkyl halides is 5. The van der Waals surface area contributed by atoms with Crippen LogP contribution in [0.1, 0.15) is 20.3 Å². The van der Waals surface area contributed by atoms with Crippen molar-refractivity contribution in [2.75, 3.05) is 6.61 Å². The van der Waals surface area contributed by atoms with Crippen LogP contribution in [0.15, 0.2) is 25.1 Å². The number of hydrogen-bond acceptors (Lipinski definition) is 2. The van der Waals surface area contributed by atoms with Crippen molar-refractivity contribution in [2.24, 2.45) is 0 Å². The fraction of sp³-hybridized carbons (Fsp3) is 0.667. The highest BCUT2D eigenvalue weighted by atomic mass is 19.4. The molecule has 0 aromatic rings. The maximum Gasteiger partial charge on any atom is 0.424 e. The van der Waals surface area contributed by atoms with E-state index in [1.807, 2.05) is 0 Å². The first-order valence-corrected chi connectivity index (χ1v) is 5.66. The summed E-state index contributed by atoms with van der Waals surface area (Å²) in [5.74, 6) is -7.43. The molecule has 2 atom stereocenters. The lowest BCUT2D eigenvalue weighted by Crippen LogP contribution is -2.61. The van der Waals surface area contributed by atoms with Crippen molar-refractivity contribution >= 4 is 0 Å². The van der Waals surface area contributed by atoms with Gasteiger partial charge in [0.15, 0.2) is 12.1 Å². The maximum absolute atomic E-state index is 13.7. The largest absolute Gasteiger partial charge is 0.424 e. The van der Waals surface area contributed by atoms with E-state index in [-0.39, 0.29) is 6.61 Å². The molecule has 0 spiro atoms. The molecule has 0 heterocycles. The number of hydrogen-bond donors (Lipinski definition) is 0. The normalized spacial score (nSPS) is 17.4. The highest BCUT2D eigenvalue weighted by Crippen LogP contribution is 2.51. The molecule has 0 aromatic heterocycles. The standard InChI is InChI=1S/C12H16F6O2/c1-5-7-10(12(16,17)18,11(14,15)8(3)13)20-9(4)19-6-2/h5,9H,1,3,6-7H2,2,4H3. The zero-order chi connectivity index (χ0) is 16.2. The molecule has 2 nitrogen and oxygen atoms in total. The van der Waals surface area contributed by atoms with Gasteiger partial charge in [-0.05, 0) is 13.8 Å². The fourth-order valence-corrected chi connectivity index (χ4v) is 1.59. The molecule has 0 amide bonds. The molecule has 0 saturated carbocycles. The first-order valence-electron chi connectivity index (χ1n) is 5.66. The predicted octanol–water partition coefficient (Wildman–Crippen LogP) is 4.38. The molecule has 2 unspecified atom stereocenters. The molecule has 0 fully saturated rings. The van der Waals surface area contributed by atoms with Gasteiger partial charge in [0.2, 0.25) is 5.60 Å². The summed E-state index contributed by atoms with van der Waals surface area (Å²) in [7, 11) is 0. The van der Waals surface area contributed by atoms with Gasteiger partial charge in [-0.25, -0.2) is 4.39 Å². The van der Waals surface area contributed by atoms with Crippen molar-refractivity contribution in [1.82, 2.24) is 0 Å². The second kappa shape index (κ2) is 6.62. The summed E-state index contributed by atoms with van der Waals surface area (Å²) >= 11 is 0. The van der Waals surface area contributed by atoms with Crippen LogP contribution < -0.4 is 0 Å². The van der Waals surface area contributed by atoms with Gasteiger partial charge in [-0.3, -0.25) is 0 Å². The van der Waals surface area contributed by atoms with E-state index >= 15 is 0 Å². The zero-order valence-corrected chi connectivity index (χ0v) is 11.1. The van der Waals surface area contributed by atoms with E-state index in [0.29, 0.717) is 6.08 Å². The molecule has 0 radical (unpaired) electrons. The van der Waals surface area contributed by atoms with Crippen LogP contribution in [0, 0.1) is 0 Å². The highest BCUT2D eigenvalue weighted by molar-refractivity contribution is 5.15. The molecule has 0 aliphatic heterocycles. The minimum Gasteiger partial charge on any atom is -0.353 e. The lowest BCUT2D eigenvalue weighted by atomic mass is 9.89. The third kappa shape index (κ3) is 3.54. The van der Waals surface area contributed by atoms with Crippen LogP contribution in [-0.4, -0.2) is 30.6 Å². The Morgan fingerprint density at radius 2 is 1.75 bits per heavy atom. The SMILES string of the molecule is C=CCC(OC(C)OCC)(C(F)(F)F)C(F)(F)C(=C)F. The molecule has 118 valence electrons. The van der Waals surface area contributed by atoms with Crippen molar-refractivity contribution in [3.8, 4) is 0 Å². The fourth-order valence-electron chi connectivity index (χ4n) is 1.59. The lowest BCUT2D eigenvalue weighted by Gasteiger charge is -2.41. The monoisotopic (exact) mass is 306 g/mol. The molecule has 0 saturated heterocycles. The van der Waals surface area contributed by atoms with E-state index in [1.54, 1.807) is 0 Å². The molecule has 0 aliphatic carbocycles. The summed E-state index contributed by atoms with van der Waals surface area (Å²) in [5, 5.41) is 0. The van der Waals surface area contributed by atoms with Crippen molar-refractivity contribution in [3.63, 3.8) is 0 Å². The summed E-state index contributed by atoms with van der Waals surface area (Å²) in [5.41, 5.74) is -4.12. The predicted molar refractivity (Wildman–Crippen MR) is 61.0 cm³/mol. The minimum absolute atomic E-state index is 0.0642. The molecule has 0 aromatic carbocycles. The summed E-state index contributed by atoms with van der Waals surface area (Å²) in [6, 6.07) is 0. The van der Waals surface area contributed by atoms with Crippen LogP contribution in [0.5, 0.6) is 0 Å². The first kappa shape index (κ1) is 19.0. The first-order chi connectivity index (χ1) is 8.96. The van der Waals surface area contributed by atoms with Crippen molar-refractivity contribution in [3.05, 3.63) is 25.1 Å². The Hall–Kier alpha value is -1.02. The van der Waals surface area contributed by atoms with Gasteiger partial charge in [-0.1, -0.05) is 12.7 Å². The molecule has 20 heavy (non-hydrogen) atoms. The van der Waals surface area contributed by atoms with Gasteiger partial charge in [0.1, 0.15) is 0 Å². The Morgan fingerprint density at radius 3 is 2.05 bits per heavy atom. The van der Waals surface area contributed by atoms with Crippen LogP contribution in [0.4, 0.5) is 26.3 Å². The summed E-state index contributed by atoms with van der Waals surface area (Å²) in [4.78, 5) is 0. The molecule has 0 rings (SSSR count). The van der Waals surface area contributed by atoms with Crippen LogP contribution in [0.25, 0.3) is 0 Å². The van der Waals surface area contributed by atoms with E-state index in [0.717, 1.165) is 6.92 Å². The second-order valence-corrected chi connectivity index (χ2v) is 3.94. The summed E-state index contributed by atoms with van der Waals surface area (Å²) in [6.07, 6.45) is -7.97. The van der Waals surface area contributed by atoms with E-state index in [1.165, 1.54) is 6.92 Å². The molecule has 8 heteroatoms. The van der Waals surface area contributed by atoms with E-state index < -0.39 is 36.2 Å². The van der Waals surface area contributed by atoms with E-state index in [2.05, 4.69) is 22.6 Å². The van der Waals surface area contributed by atoms with Gasteiger partial charge < -0.3 is 9.47 Å². The van der Waals surface area contributed by atoms with Gasteiger partial charge in [-0.2, -0.15) is 22.0 Å². The Bertz CT molecular complexity index is 352. The summed E-state index contributed by atoms with van der Waals surface area (Å²) < 4.78 is 88.6. The number of halogens is 6. The Balaban J connectivity index is 5.84. The third-order valence-electron chi connectivity index (χ3n) is 2.51. The number of rotatable bonds is 8. The molecule has 0 N–H and O–H groups in total. The smallest absolute Gasteiger partial charge is 0.353 e. The topological polar surface area (TPSA) is 18.5 Å².